The molecule has 2 atom stereocenters. The molecular formula is C52H101NO5. The van der Waals surface area contributed by atoms with Gasteiger partial charge in [0.25, 0.3) is 0 Å². The third-order valence-electron chi connectivity index (χ3n) is 12.1. The SMILES string of the molecule is CCCCCCCCCCCCC/C=C/C(O)C(CO)NC(=O)CCCCCCCCCCCCCCOC(=O)CCCCCCCCCCCCCCCCCC. The lowest BCUT2D eigenvalue weighted by Gasteiger charge is -2.20. The number of unbranched alkanes of at least 4 members (excludes halogenated alkanes) is 37. The predicted octanol–water partition coefficient (Wildman–Crippen LogP) is 15.3. The van der Waals surface area contributed by atoms with E-state index in [0.29, 0.717) is 19.4 Å². The van der Waals surface area contributed by atoms with Gasteiger partial charge in [-0.05, 0) is 32.1 Å². The molecule has 0 aliphatic rings. The summed E-state index contributed by atoms with van der Waals surface area (Å²) in [6.45, 7) is 4.87. The van der Waals surface area contributed by atoms with E-state index in [2.05, 4.69) is 19.2 Å². The fourth-order valence-electron chi connectivity index (χ4n) is 8.05. The van der Waals surface area contributed by atoms with Gasteiger partial charge in [0, 0.05) is 12.8 Å². The van der Waals surface area contributed by atoms with E-state index in [4.69, 9.17) is 4.74 Å². The van der Waals surface area contributed by atoms with Crippen molar-refractivity contribution in [2.24, 2.45) is 0 Å². The zero-order valence-electron chi connectivity index (χ0n) is 39.0. The van der Waals surface area contributed by atoms with Crippen molar-refractivity contribution in [3.05, 3.63) is 12.2 Å². The Kier molecular flexibility index (Phi) is 47.1. The Balaban J connectivity index is 3.46. The van der Waals surface area contributed by atoms with Crippen molar-refractivity contribution in [3.8, 4) is 0 Å². The Morgan fingerprint density at radius 2 is 0.793 bits per heavy atom. The van der Waals surface area contributed by atoms with Gasteiger partial charge in [0.2, 0.25) is 5.91 Å². The molecule has 6 nitrogen and oxygen atoms in total. The minimum absolute atomic E-state index is 0.00737. The van der Waals surface area contributed by atoms with Crippen LogP contribution in [0.2, 0.25) is 0 Å². The van der Waals surface area contributed by atoms with Crippen molar-refractivity contribution >= 4 is 11.9 Å². The number of carbonyl (C=O) groups is 2. The van der Waals surface area contributed by atoms with Gasteiger partial charge >= 0.3 is 5.97 Å². The highest BCUT2D eigenvalue weighted by molar-refractivity contribution is 5.76. The number of rotatable bonds is 48. The lowest BCUT2D eigenvalue weighted by molar-refractivity contribution is -0.143. The van der Waals surface area contributed by atoms with Crippen LogP contribution in [0.5, 0.6) is 0 Å². The maximum atomic E-state index is 12.4. The van der Waals surface area contributed by atoms with Gasteiger partial charge in [0.15, 0.2) is 0 Å². The molecule has 2 unspecified atom stereocenters. The van der Waals surface area contributed by atoms with Crippen LogP contribution in [0.1, 0.15) is 284 Å². The molecule has 3 N–H and O–H groups in total. The quantitative estimate of drug-likeness (QED) is 0.0323. The molecule has 0 aliphatic carbocycles. The van der Waals surface area contributed by atoms with E-state index in [-0.39, 0.29) is 18.5 Å². The molecule has 0 spiro atoms. The maximum absolute atomic E-state index is 12.4. The molecule has 0 fully saturated rings. The minimum atomic E-state index is -0.852. The Morgan fingerprint density at radius 1 is 0.466 bits per heavy atom. The summed E-state index contributed by atoms with van der Waals surface area (Å²) in [4.78, 5) is 24.5. The van der Waals surface area contributed by atoms with Gasteiger partial charge in [-0.25, -0.2) is 0 Å². The summed E-state index contributed by atoms with van der Waals surface area (Å²) in [6.07, 6.45) is 54.9. The zero-order valence-corrected chi connectivity index (χ0v) is 39.0. The summed E-state index contributed by atoms with van der Waals surface area (Å²) in [5, 5.41) is 23.0. The van der Waals surface area contributed by atoms with E-state index < -0.39 is 12.1 Å². The van der Waals surface area contributed by atoms with Crippen molar-refractivity contribution in [2.75, 3.05) is 13.2 Å². The van der Waals surface area contributed by atoms with Gasteiger partial charge in [0.05, 0.1) is 25.4 Å². The lowest BCUT2D eigenvalue weighted by atomic mass is 10.0. The minimum Gasteiger partial charge on any atom is -0.466 e. The van der Waals surface area contributed by atoms with E-state index in [1.165, 1.54) is 199 Å². The van der Waals surface area contributed by atoms with Gasteiger partial charge in [0.1, 0.15) is 0 Å². The molecule has 0 saturated heterocycles. The summed E-state index contributed by atoms with van der Waals surface area (Å²) >= 11 is 0. The molecule has 0 heterocycles. The van der Waals surface area contributed by atoms with Crippen molar-refractivity contribution in [1.29, 1.82) is 0 Å². The first kappa shape index (κ1) is 56.6. The third-order valence-corrected chi connectivity index (χ3v) is 12.1. The smallest absolute Gasteiger partial charge is 0.305 e. The molecule has 344 valence electrons. The fourth-order valence-corrected chi connectivity index (χ4v) is 8.05. The number of carbonyl (C=O) groups excluding carboxylic acids is 2. The molecule has 0 bridgehead atoms. The number of ether oxygens (including phenoxy) is 1. The Hall–Kier alpha value is -1.40. The van der Waals surface area contributed by atoms with Gasteiger partial charge in [-0.3, -0.25) is 9.59 Å². The molecule has 0 rings (SSSR count). The van der Waals surface area contributed by atoms with Crippen LogP contribution in [0.25, 0.3) is 0 Å². The predicted molar refractivity (Wildman–Crippen MR) is 250 cm³/mol. The van der Waals surface area contributed by atoms with Crippen molar-refractivity contribution in [3.63, 3.8) is 0 Å². The molecule has 1 amide bonds. The summed E-state index contributed by atoms with van der Waals surface area (Å²) in [5.74, 6) is -0.0901. The molecule has 6 heteroatoms. The first-order valence-electron chi connectivity index (χ1n) is 26.0. The number of aliphatic hydroxyl groups excluding tert-OH is 2. The van der Waals surface area contributed by atoms with Crippen LogP contribution in [0.4, 0.5) is 0 Å². The second-order valence-corrected chi connectivity index (χ2v) is 17.9. The van der Waals surface area contributed by atoms with Crippen LogP contribution >= 0.6 is 0 Å². The standard InChI is InChI=1S/C52H101NO5/c1-3-5-7-9-11-13-15-17-18-19-21-26-30-34-38-42-46-52(57)58-47-43-39-35-31-27-23-22-25-29-33-37-41-45-51(56)53-49(48-54)50(55)44-40-36-32-28-24-20-16-14-12-10-8-6-4-2/h40,44,49-50,54-55H,3-39,41-43,45-48H2,1-2H3,(H,53,56)/b44-40+. The summed E-state index contributed by atoms with van der Waals surface area (Å²) in [6, 6.07) is -0.637. The highest BCUT2D eigenvalue weighted by atomic mass is 16.5. The van der Waals surface area contributed by atoms with Crippen LogP contribution in [-0.2, 0) is 14.3 Å². The van der Waals surface area contributed by atoms with E-state index in [1.807, 2.05) is 6.08 Å². The van der Waals surface area contributed by atoms with Crippen LogP contribution in [0, 0.1) is 0 Å². The van der Waals surface area contributed by atoms with Gasteiger partial charge in [-0.2, -0.15) is 0 Å². The Morgan fingerprint density at radius 3 is 1.17 bits per heavy atom. The molecule has 0 aromatic rings. The molecule has 0 aromatic heterocycles. The topological polar surface area (TPSA) is 95.9 Å². The number of amides is 1. The van der Waals surface area contributed by atoms with E-state index in [9.17, 15) is 19.8 Å². The number of hydrogen-bond acceptors (Lipinski definition) is 5. The van der Waals surface area contributed by atoms with E-state index in [1.54, 1.807) is 6.08 Å². The monoisotopic (exact) mass is 820 g/mol. The fraction of sp³-hybridized carbons (Fsp3) is 0.923. The molecule has 0 aliphatic heterocycles. The lowest BCUT2D eigenvalue weighted by Crippen LogP contribution is -2.45. The second-order valence-electron chi connectivity index (χ2n) is 17.9. The van der Waals surface area contributed by atoms with Crippen LogP contribution < -0.4 is 5.32 Å². The Bertz CT molecular complexity index is 863. The highest BCUT2D eigenvalue weighted by Crippen LogP contribution is 2.16. The zero-order chi connectivity index (χ0) is 42.3. The number of nitrogens with one attached hydrogen (secondary N) is 1. The number of allylic oxidation sites excluding steroid dienone is 1. The molecule has 0 saturated carbocycles. The summed E-state index contributed by atoms with van der Waals surface area (Å²) in [7, 11) is 0. The maximum Gasteiger partial charge on any atom is 0.305 e. The van der Waals surface area contributed by atoms with Gasteiger partial charge in [-0.1, -0.05) is 251 Å². The number of aliphatic hydroxyl groups is 2. The largest absolute Gasteiger partial charge is 0.466 e. The van der Waals surface area contributed by atoms with Crippen LogP contribution in [0.15, 0.2) is 12.2 Å². The van der Waals surface area contributed by atoms with Gasteiger partial charge in [-0.15, -0.1) is 0 Å². The van der Waals surface area contributed by atoms with Crippen molar-refractivity contribution in [2.45, 2.75) is 296 Å². The molecule has 58 heavy (non-hydrogen) atoms. The van der Waals surface area contributed by atoms with Crippen molar-refractivity contribution < 1.29 is 24.5 Å². The molecule has 0 radical (unpaired) electrons. The number of esters is 1. The Labute approximate surface area is 361 Å². The third kappa shape index (κ3) is 44.2. The second kappa shape index (κ2) is 48.3. The summed E-state index contributed by atoms with van der Waals surface area (Å²) < 4.78 is 5.47. The first-order chi connectivity index (χ1) is 28.5. The number of hydrogen-bond donors (Lipinski definition) is 3. The molecular weight excluding hydrogens is 719 g/mol. The highest BCUT2D eigenvalue weighted by Gasteiger charge is 2.18. The average Bonchev–Trinajstić information content (AvgIpc) is 3.22. The van der Waals surface area contributed by atoms with E-state index in [0.717, 1.165) is 57.8 Å². The van der Waals surface area contributed by atoms with Crippen molar-refractivity contribution in [1.82, 2.24) is 5.32 Å². The first-order valence-corrected chi connectivity index (χ1v) is 26.0. The average molecular weight is 820 g/mol. The normalized spacial score (nSPS) is 12.7. The summed E-state index contributed by atoms with van der Waals surface area (Å²) in [5.41, 5.74) is 0. The van der Waals surface area contributed by atoms with Crippen LogP contribution in [0.3, 0.4) is 0 Å². The molecule has 0 aromatic carbocycles. The van der Waals surface area contributed by atoms with Gasteiger partial charge < -0.3 is 20.3 Å². The van der Waals surface area contributed by atoms with Crippen LogP contribution in [-0.4, -0.2) is 47.4 Å². The van der Waals surface area contributed by atoms with E-state index >= 15 is 0 Å².